The van der Waals surface area contributed by atoms with Gasteiger partial charge in [0.05, 0.1) is 83.9 Å². The van der Waals surface area contributed by atoms with Gasteiger partial charge in [-0.2, -0.15) is 4.98 Å². The van der Waals surface area contributed by atoms with E-state index in [0.717, 1.165) is 96.1 Å². The van der Waals surface area contributed by atoms with Crippen LogP contribution in [0.25, 0.3) is 41.6 Å². The number of primary amides is 1. The van der Waals surface area contributed by atoms with Crippen LogP contribution in [0.15, 0.2) is 154 Å². The van der Waals surface area contributed by atoms with Crippen molar-refractivity contribution in [2.24, 2.45) is 59.0 Å². The van der Waals surface area contributed by atoms with Crippen LogP contribution >= 0.6 is 0 Å². The first-order chi connectivity index (χ1) is 64.4. The monoisotopic (exact) mass is 1900 g/mol. The number of nitrogens with zero attached hydrogens (tertiary/aromatic N) is 6. The second-order valence-electron chi connectivity index (χ2n) is 34.5. The van der Waals surface area contributed by atoms with Gasteiger partial charge < -0.3 is 60.5 Å². The number of halogens is 9. The van der Waals surface area contributed by atoms with Crippen molar-refractivity contribution >= 4 is 94.5 Å². The van der Waals surface area contributed by atoms with Crippen molar-refractivity contribution in [3.63, 3.8) is 0 Å². The number of amides is 6. The van der Waals surface area contributed by atoms with Crippen LogP contribution in [0.3, 0.4) is 0 Å². The minimum Gasteiger partial charge on any atom is -0.493 e. The molecule has 8 N–H and O–H groups in total. The van der Waals surface area contributed by atoms with Crippen molar-refractivity contribution in [1.82, 2.24) is 29.9 Å². The molecule has 6 amide bonds. The average Bonchev–Trinajstić information content (AvgIpc) is 0.806. The minimum atomic E-state index is -2.65. The highest BCUT2D eigenvalue weighted by Gasteiger charge is 2.41. The number of pyridine rings is 4. The van der Waals surface area contributed by atoms with E-state index in [1.54, 1.807) is 32.2 Å². The van der Waals surface area contributed by atoms with Gasteiger partial charge in [-0.15, -0.1) is 0 Å². The molecule has 0 bridgehead atoms. The number of rotatable bonds is 33. The first-order valence-electron chi connectivity index (χ1n) is 45.0. The third-order valence-corrected chi connectivity index (χ3v) is 24.4. The zero-order valence-electron chi connectivity index (χ0n) is 79.0. The van der Waals surface area contributed by atoms with Gasteiger partial charge in [-0.1, -0.05) is 118 Å². The summed E-state index contributed by atoms with van der Waals surface area (Å²) in [5, 5.41) is 22.6. The zero-order chi connectivity index (χ0) is 100. The quantitative estimate of drug-likeness (QED) is 0.0149. The first-order valence-corrected chi connectivity index (χ1v) is 45.0. The van der Waals surface area contributed by atoms with E-state index in [1.807, 2.05) is 91.1 Å². The number of aromatic nitrogens is 6. The summed E-state index contributed by atoms with van der Waals surface area (Å²) >= 11 is 0. The number of anilines is 5. The average molecular weight is 1900 g/mol. The van der Waals surface area contributed by atoms with Crippen molar-refractivity contribution in [3.8, 4) is 46.4 Å². The molecule has 0 unspecified atom stereocenters. The standard InChI is InChI=1S/C25H28F2N2O2.C20H25F2N3O3.2C20H26F2N2O3.C17H22FN3O2/c1-4-22(30)28-21-16-19(13-10-17-11-14-20(15-12-17)25(2,26)27)24(31-3)29-23(21)18-8-6-5-7-9-18;1-4-16(26)24-15-11-13(19(28-3)25-17(15)18(23)27)8-5-12-6-9-14(10-7-12)20(2,21)22;1-5-17(25)23-16-12-14(18(26-3)24-19(16)27-4)9-6-13-7-10-15(11-8-13)20(2,21)22;1-4-18(26)23-16-11-14(19(27-3)24-17(16)12-25)8-5-13-6-9-15(10-7-13)20(2,21)22;1-4-15(22)21-16-19-11-14(23-3)13(20-16)6-5-12-7-9-17(2,18)10-8-12/h4-10,13,16-17,20H,1,11-12,14-15H2,2-3H3,(H,28,30);4-5,8,11-12,14H,1,6-7,9-10H2,2-3H3,(H2,23,27)(H,24,26);5-6,9,12-13,15H,1,7-8,10-11H2,2-4H3,(H,23,25);4-5,8,11,13,15,25H,1,6-7,9-10,12H2,2-3H3,(H,23,26);4-6,11-12H,1,7-10H2,2-3H3,(H,19,20,21,22)/b13-10+;8-5+;9-6+;8-5+;6-5+. The molecular formula is C102H127F9N12O13. The van der Waals surface area contributed by atoms with Gasteiger partial charge in [-0.25, -0.2) is 64.4 Å². The molecule has 5 aromatic heterocycles. The van der Waals surface area contributed by atoms with Crippen molar-refractivity contribution in [1.29, 1.82) is 0 Å². The fourth-order valence-electron chi connectivity index (χ4n) is 16.4. The number of hydrogen-bond acceptors (Lipinski definition) is 19. The van der Waals surface area contributed by atoms with Crippen LogP contribution in [0.1, 0.15) is 207 Å². The normalized spacial score (nSPS) is 20.7. The molecule has 736 valence electrons. The van der Waals surface area contributed by atoms with Gasteiger partial charge in [0.1, 0.15) is 17.1 Å². The highest BCUT2D eigenvalue weighted by Crippen LogP contribution is 2.46. The first kappa shape index (κ1) is 110. The Hall–Kier alpha value is -12.8. The summed E-state index contributed by atoms with van der Waals surface area (Å²) in [6.45, 7) is 22.4. The number of aliphatic hydroxyl groups is 1. The van der Waals surface area contributed by atoms with Gasteiger partial charge in [0.15, 0.2) is 11.4 Å². The third kappa shape index (κ3) is 34.6. The maximum atomic E-state index is 13.8. The summed E-state index contributed by atoms with van der Waals surface area (Å²) in [6, 6.07) is 16.2. The summed E-state index contributed by atoms with van der Waals surface area (Å²) < 4.78 is 153. The van der Waals surface area contributed by atoms with E-state index >= 15 is 0 Å². The number of carbonyl (C=O) groups excluding carboxylic acids is 6. The number of ether oxygens (including phenoxy) is 6. The summed E-state index contributed by atoms with van der Waals surface area (Å²) in [5.74, 6) is -12.2. The molecule has 25 nitrogen and oxygen atoms in total. The number of nitrogens with one attached hydrogen (secondary N) is 5. The van der Waals surface area contributed by atoms with E-state index in [4.69, 9.17) is 34.2 Å². The molecule has 11 rings (SSSR count). The van der Waals surface area contributed by atoms with Crippen LogP contribution in [0.5, 0.6) is 35.1 Å². The second kappa shape index (κ2) is 52.4. The maximum Gasteiger partial charge on any atom is 0.269 e. The molecule has 5 fully saturated rings. The predicted molar refractivity (Wildman–Crippen MR) is 513 cm³/mol. The number of benzene rings is 1. The van der Waals surface area contributed by atoms with Crippen molar-refractivity contribution in [3.05, 3.63) is 194 Å². The number of methoxy groups -OCH3 is 6. The van der Waals surface area contributed by atoms with Crippen LogP contribution in [0.2, 0.25) is 0 Å². The molecule has 5 heterocycles. The van der Waals surface area contributed by atoms with E-state index in [2.05, 4.69) is 89.4 Å². The lowest BCUT2D eigenvalue weighted by Gasteiger charge is -2.30. The lowest BCUT2D eigenvalue weighted by Crippen LogP contribution is -2.28. The fraction of sp³-hybridized carbons (Fsp3) is 0.451. The Balaban J connectivity index is 0.000000232. The summed E-state index contributed by atoms with van der Waals surface area (Å²) in [6.07, 6.45) is 38.7. The van der Waals surface area contributed by atoms with Gasteiger partial charge in [-0.3, -0.25) is 34.1 Å². The lowest BCUT2D eigenvalue weighted by molar-refractivity contribution is -0.112. The van der Waals surface area contributed by atoms with Crippen LogP contribution in [-0.4, -0.2) is 142 Å². The Morgan fingerprint density at radius 2 is 0.743 bits per heavy atom. The highest BCUT2D eigenvalue weighted by atomic mass is 19.3. The van der Waals surface area contributed by atoms with Gasteiger partial charge >= 0.3 is 0 Å². The molecule has 5 aliphatic rings. The number of carbonyl (C=O) groups is 6. The number of allylic oxidation sites excluding steroid dienone is 5. The molecule has 6 aromatic rings. The Labute approximate surface area is 789 Å². The molecule has 34 heteroatoms. The van der Waals surface area contributed by atoms with Crippen molar-refractivity contribution < 1.29 is 102 Å². The van der Waals surface area contributed by atoms with Crippen molar-refractivity contribution in [2.45, 2.75) is 199 Å². The molecule has 5 saturated carbocycles. The Morgan fingerprint density at radius 3 is 1.11 bits per heavy atom. The smallest absolute Gasteiger partial charge is 0.269 e. The summed E-state index contributed by atoms with van der Waals surface area (Å²) in [4.78, 5) is 95.2. The topological polar surface area (TPSA) is 342 Å². The molecule has 136 heavy (non-hydrogen) atoms. The fourth-order valence-corrected chi connectivity index (χ4v) is 16.4. The summed E-state index contributed by atoms with van der Waals surface area (Å²) in [7, 11) is 8.90. The number of hydrogen-bond donors (Lipinski definition) is 7. The van der Waals surface area contributed by atoms with Crippen LogP contribution in [-0.2, 0) is 30.6 Å². The number of alkyl halides is 9. The molecule has 1 aromatic carbocycles. The van der Waals surface area contributed by atoms with Gasteiger partial charge in [0.25, 0.3) is 5.91 Å². The van der Waals surface area contributed by atoms with Gasteiger partial charge in [-0.05, 0) is 253 Å². The second-order valence-corrected chi connectivity index (χ2v) is 34.5. The number of nitrogens with two attached hydrogens (primary N) is 1. The van der Waals surface area contributed by atoms with Crippen LogP contribution in [0, 0.1) is 53.3 Å². The highest BCUT2D eigenvalue weighted by molar-refractivity contribution is 6.06. The Kier molecular flexibility index (Phi) is 42.5. The molecule has 0 atom stereocenters. The number of aliphatic hydroxyl groups excluding tert-OH is 1. The predicted octanol–water partition coefficient (Wildman–Crippen LogP) is 22.6. The molecule has 0 saturated heterocycles. The Morgan fingerprint density at radius 1 is 0.419 bits per heavy atom. The van der Waals surface area contributed by atoms with Gasteiger partial charge in [0.2, 0.25) is 88.6 Å². The van der Waals surface area contributed by atoms with E-state index in [0.29, 0.717) is 170 Å². The van der Waals surface area contributed by atoms with E-state index < -0.39 is 70.8 Å². The molecule has 0 radical (unpaired) electrons. The zero-order valence-corrected chi connectivity index (χ0v) is 79.0. The Bertz CT molecular complexity index is 5100. The van der Waals surface area contributed by atoms with Crippen molar-refractivity contribution in [2.75, 3.05) is 69.2 Å². The summed E-state index contributed by atoms with van der Waals surface area (Å²) in [5.41, 5.74) is 10.5. The minimum absolute atomic E-state index is 0.130. The molecular weight excluding hydrogens is 1770 g/mol. The van der Waals surface area contributed by atoms with E-state index in [1.165, 1.54) is 53.9 Å². The van der Waals surface area contributed by atoms with E-state index in [-0.39, 0.29) is 82.8 Å². The van der Waals surface area contributed by atoms with Gasteiger partial charge in [0, 0.05) is 51.5 Å². The molecule has 0 spiro atoms. The SMILES string of the molecule is C=CC(=O)Nc1cc(/C=C/C2CCC(C(C)(F)F)CC2)c(OC)nc1-c1ccccc1.C=CC(=O)Nc1cc(/C=C/C2CCC(C(C)(F)F)CC2)c(OC)nc1C(N)=O.C=CC(=O)Nc1cc(/C=C/C2CCC(C(C)(F)F)CC2)c(OC)nc1CO.C=CC(=O)Nc1cc(/C=C/C2CCC(C(C)(F)F)CC2)c(OC)nc1OC.C=CC(=O)Nc1ncc(OC)c(/C=C/C2CCC(C)(F)CC2)n1. The maximum absolute atomic E-state index is 13.8. The van der Waals surface area contributed by atoms with E-state index in [9.17, 15) is 73.4 Å². The van der Waals surface area contributed by atoms with Crippen LogP contribution < -0.4 is 60.7 Å². The largest absolute Gasteiger partial charge is 0.493 e. The third-order valence-electron chi connectivity index (χ3n) is 24.4. The molecule has 0 aliphatic heterocycles. The molecule has 5 aliphatic carbocycles. The lowest BCUT2D eigenvalue weighted by atomic mass is 9.79. The van der Waals surface area contributed by atoms with Crippen LogP contribution in [0.4, 0.5) is 68.2 Å².